The van der Waals surface area contributed by atoms with E-state index in [-0.39, 0.29) is 28.1 Å². The molecule has 23 heavy (non-hydrogen) atoms. The lowest BCUT2D eigenvalue weighted by molar-refractivity contribution is -0.385. The topological polar surface area (TPSA) is 124 Å². The fourth-order valence-electron chi connectivity index (χ4n) is 1.96. The van der Waals surface area contributed by atoms with Crippen LogP contribution in [-0.2, 0) is 4.79 Å². The molecule has 2 rings (SSSR count). The largest absolute Gasteiger partial charge is 0.478 e. The van der Waals surface area contributed by atoms with Gasteiger partial charge < -0.3 is 5.11 Å². The lowest BCUT2D eigenvalue weighted by Gasteiger charge is -2.04. The maximum absolute atomic E-state index is 11.4. The number of carbonyl (C=O) groups is 1. The molecule has 0 aliphatic heterocycles. The molecule has 1 N–H and O–H groups in total. The standard InChI is InChI=1S/C15H10N2O6/c18-15(19)13(10-5-7-12(8-6-10)16(20)21)9-11-3-1-2-4-14(11)17(22)23/h1-9H,(H,18,19). The minimum atomic E-state index is -1.29. The molecule has 0 aliphatic rings. The van der Waals surface area contributed by atoms with Gasteiger partial charge in [-0.2, -0.15) is 0 Å². The molecule has 116 valence electrons. The molecule has 0 unspecified atom stereocenters. The highest BCUT2D eigenvalue weighted by molar-refractivity contribution is 6.20. The molecule has 0 spiro atoms. The van der Waals surface area contributed by atoms with Gasteiger partial charge in [-0.3, -0.25) is 20.2 Å². The van der Waals surface area contributed by atoms with Gasteiger partial charge in [-0.25, -0.2) is 4.79 Å². The van der Waals surface area contributed by atoms with E-state index in [1.165, 1.54) is 48.5 Å². The predicted octanol–water partition coefficient (Wildman–Crippen LogP) is 3.13. The first-order valence-electron chi connectivity index (χ1n) is 6.33. The Hall–Kier alpha value is -3.55. The summed E-state index contributed by atoms with van der Waals surface area (Å²) in [5.41, 5.74) is -0.263. The first kappa shape index (κ1) is 15.8. The normalized spacial score (nSPS) is 11.0. The molecule has 0 saturated heterocycles. The molecule has 0 aliphatic carbocycles. The van der Waals surface area contributed by atoms with Gasteiger partial charge in [0.1, 0.15) is 0 Å². The van der Waals surface area contributed by atoms with Crippen LogP contribution in [0.5, 0.6) is 0 Å². The summed E-state index contributed by atoms with van der Waals surface area (Å²) in [6.45, 7) is 0. The molecule has 0 heterocycles. The summed E-state index contributed by atoms with van der Waals surface area (Å²) < 4.78 is 0. The number of nitro benzene ring substituents is 2. The zero-order chi connectivity index (χ0) is 17.0. The fraction of sp³-hybridized carbons (Fsp3) is 0. The Labute approximate surface area is 129 Å². The van der Waals surface area contributed by atoms with Gasteiger partial charge in [-0.15, -0.1) is 0 Å². The molecule has 0 fully saturated rings. The summed E-state index contributed by atoms with van der Waals surface area (Å²) >= 11 is 0. The molecule has 0 bridgehead atoms. The first-order valence-corrected chi connectivity index (χ1v) is 6.33. The van der Waals surface area contributed by atoms with Crippen molar-refractivity contribution in [1.82, 2.24) is 0 Å². The number of carboxylic acids is 1. The van der Waals surface area contributed by atoms with Crippen LogP contribution in [0.3, 0.4) is 0 Å². The van der Waals surface area contributed by atoms with E-state index in [1.807, 2.05) is 0 Å². The summed E-state index contributed by atoms with van der Waals surface area (Å²) in [5, 5.41) is 30.9. The number of nitro groups is 2. The van der Waals surface area contributed by atoms with Gasteiger partial charge in [0.2, 0.25) is 0 Å². The number of para-hydroxylation sites is 1. The summed E-state index contributed by atoms with van der Waals surface area (Å²) in [4.78, 5) is 31.8. The zero-order valence-electron chi connectivity index (χ0n) is 11.6. The van der Waals surface area contributed by atoms with Gasteiger partial charge in [0.05, 0.1) is 21.0 Å². The van der Waals surface area contributed by atoms with E-state index in [4.69, 9.17) is 0 Å². The molecular weight excluding hydrogens is 304 g/mol. The number of carboxylic acid groups (broad SMARTS) is 1. The number of non-ortho nitro benzene ring substituents is 1. The lowest BCUT2D eigenvalue weighted by atomic mass is 10.0. The first-order chi connectivity index (χ1) is 10.9. The minimum Gasteiger partial charge on any atom is -0.478 e. The van der Waals surface area contributed by atoms with Crippen molar-refractivity contribution in [3.63, 3.8) is 0 Å². The van der Waals surface area contributed by atoms with Crippen LogP contribution >= 0.6 is 0 Å². The predicted molar refractivity (Wildman–Crippen MR) is 81.7 cm³/mol. The van der Waals surface area contributed by atoms with E-state index in [9.17, 15) is 30.1 Å². The molecule has 2 aromatic rings. The second-order valence-electron chi connectivity index (χ2n) is 4.48. The molecule has 8 heteroatoms. The quantitative estimate of drug-likeness (QED) is 0.391. The van der Waals surface area contributed by atoms with E-state index >= 15 is 0 Å². The number of nitrogens with zero attached hydrogens (tertiary/aromatic N) is 2. The Kier molecular flexibility index (Phi) is 4.46. The van der Waals surface area contributed by atoms with E-state index < -0.39 is 15.8 Å². The second kappa shape index (κ2) is 6.48. The summed E-state index contributed by atoms with van der Waals surface area (Å²) in [7, 11) is 0. The molecule has 0 radical (unpaired) electrons. The Morgan fingerprint density at radius 2 is 1.57 bits per heavy atom. The van der Waals surface area contributed by atoms with Crippen molar-refractivity contribution in [3.8, 4) is 0 Å². The third kappa shape index (κ3) is 3.56. The van der Waals surface area contributed by atoms with E-state index in [0.29, 0.717) is 0 Å². The highest BCUT2D eigenvalue weighted by Crippen LogP contribution is 2.26. The number of hydrogen-bond acceptors (Lipinski definition) is 5. The van der Waals surface area contributed by atoms with E-state index in [1.54, 1.807) is 6.07 Å². The molecule has 2 aromatic carbocycles. The van der Waals surface area contributed by atoms with Crippen LogP contribution in [0.1, 0.15) is 11.1 Å². The Balaban J connectivity index is 2.53. The van der Waals surface area contributed by atoms with Crippen LogP contribution in [0, 0.1) is 20.2 Å². The monoisotopic (exact) mass is 314 g/mol. The van der Waals surface area contributed by atoms with E-state index in [2.05, 4.69) is 0 Å². The van der Waals surface area contributed by atoms with Gasteiger partial charge in [-0.1, -0.05) is 12.1 Å². The minimum absolute atomic E-state index is 0.133. The van der Waals surface area contributed by atoms with Crippen LogP contribution in [0.15, 0.2) is 48.5 Å². The van der Waals surface area contributed by atoms with Crippen molar-refractivity contribution < 1.29 is 19.7 Å². The van der Waals surface area contributed by atoms with Crippen LogP contribution < -0.4 is 0 Å². The van der Waals surface area contributed by atoms with Gasteiger partial charge in [0.25, 0.3) is 11.4 Å². The van der Waals surface area contributed by atoms with Gasteiger partial charge >= 0.3 is 5.97 Å². The smallest absolute Gasteiger partial charge is 0.336 e. The highest BCUT2D eigenvalue weighted by atomic mass is 16.6. The number of benzene rings is 2. The molecule has 0 saturated carbocycles. The van der Waals surface area contributed by atoms with Crippen molar-refractivity contribution in [2.75, 3.05) is 0 Å². The maximum atomic E-state index is 11.4. The van der Waals surface area contributed by atoms with Gasteiger partial charge in [0, 0.05) is 18.2 Å². The van der Waals surface area contributed by atoms with Crippen LogP contribution in [0.4, 0.5) is 11.4 Å². The fourth-order valence-corrected chi connectivity index (χ4v) is 1.96. The summed E-state index contributed by atoms with van der Waals surface area (Å²) in [6, 6.07) is 10.6. The molecular formula is C15H10N2O6. The van der Waals surface area contributed by atoms with Crippen molar-refractivity contribution in [1.29, 1.82) is 0 Å². The number of hydrogen-bond donors (Lipinski definition) is 1. The SMILES string of the molecule is O=C(O)C(=Cc1ccccc1[N+](=O)[O-])c1ccc([N+](=O)[O-])cc1. The molecule has 0 aromatic heterocycles. The zero-order valence-corrected chi connectivity index (χ0v) is 11.6. The van der Waals surface area contributed by atoms with Crippen LogP contribution in [0.25, 0.3) is 11.6 Å². The second-order valence-corrected chi connectivity index (χ2v) is 4.48. The third-order valence-corrected chi connectivity index (χ3v) is 3.05. The Bertz CT molecular complexity index is 811. The van der Waals surface area contributed by atoms with Crippen molar-refractivity contribution in [2.24, 2.45) is 0 Å². The van der Waals surface area contributed by atoms with Gasteiger partial charge in [0.15, 0.2) is 0 Å². The van der Waals surface area contributed by atoms with Gasteiger partial charge in [-0.05, 0) is 29.8 Å². The summed E-state index contributed by atoms with van der Waals surface area (Å²) in [5.74, 6) is -1.29. The highest BCUT2D eigenvalue weighted by Gasteiger charge is 2.16. The Morgan fingerprint density at radius 1 is 0.957 bits per heavy atom. The van der Waals surface area contributed by atoms with Crippen LogP contribution in [-0.4, -0.2) is 20.9 Å². The van der Waals surface area contributed by atoms with E-state index in [0.717, 1.165) is 0 Å². The third-order valence-electron chi connectivity index (χ3n) is 3.05. The average molecular weight is 314 g/mol. The maximum Gasteiger partial charge on any atom is 0.336 e. The van der Waals surface area contributed by atoms with Crippen molar-refractivity contribution in [3.05, 3.63) is 79.9 Å². The molecule has 8 nitrogen and oxygen atoms in total. The lowest BCUT2D eigenvalue weighted by Crippen LogP contribution is -2.01. The van der Waals surface area contributed by atoms with Crippen LogP contribution in [0.2, 0.25) is 0 Å². The number of aliphatic carboxylic acids is 1. The summed E-state index contributed by atoms with van der Waals surface area (Å²) in [6.07, 6.45) is 1.17. The molecule has 0 atom stereocenters. The Morgan fingerprint density at radius 3 is 2.09 bits per heavy atom. The average Bonchev–Trinajstić information content (AvgIpc) is 2.52. The number of rotatable bonds is 5. The van der Waals surface area contributed by atoms with Crippen molar-refractivity contribution >= 4 is 29.0 Å². The van der Waals surface area contributed by atoms with Crippen molar-refractivity contribution in [2.45, 2.75) is 0 Å². The molecule has 0 amide bonds.